The van der Waals surface area contributed by atoms with Gasteiger partial charge in [0.05, 0.1) is 6.61 Å². The molecule has 0 saturated carbocycles. The van der Waals surface area contributed by atoms with Crippen LogP contribution >= 0.6 is 11.6 Å². The summed E-state index contributed by atoms with van der Waals surface area (Å²) in [6.07, 6.45) is -7.26. The van der Waals surface area contributed by atoms with Crippen molar-refractivity contribution < 1.29 is 52.7 Å². The molecule has 11 nitrogen and oxygen atoms in total. The summed E-state index contributed by atoms with van der Waals surface area (Å²) in [5.74, 6) is -2.16. The van der Waals surface area contributed by atoms with Gasteiger partial charge in [-0.3, -0.25) is 19.2 Å². The van der Waals surface area contributed by atoms with Crippen molar-refractivity contribution in [3.8, 4) is 5.75 Å². The van der Waals surface area contributed by atoms with E-state index >= 15 is 0 Å². The van der Waals surface area contributed by atoms with Crippen molar-refractivity contribution in [1.82, 2.24) is 0 Å². The molecule has 0 aromatic heterocycles. The van der Waals surface area contributed by atoms with Gasteiger partial charge in [-0.2, -0.15) is 0 Å². The van der Waals surface area contributed by atoms with Gasteiger partial charge in [-0.05, 0) is 42.3 Å². The summed E-state index contributed by atoms with van der Waals surface area (Å²) in [6.45, 7) is 6.65. The van der Waals surface area contributed by atoms with E-state index in [1.165, 1.54) is 13.0 Å². The third-order valence-electron chi connectivity index (χ3n) is 6.14. The second-order valence-electron chi connectivity index (χ2n) is 9.31. The van der Waals surface area contributed by atoms with Gasteiger partial charge in [0, 0.05) is 38.3 Å². The molecule has 2 aromatic carbocycles. The smallest absolute Gasteiger partial charge is 0.303 e. The van der Waals surface area contributed by atoms with Crippen molar-refractivity contribution >= 4 is 35.5 Å². The minimum absolute atomic E-state index is 0.251. The van der Waals surface area contributed by atoms with E-state index in [1.807, 2.05) is 6.92 Å². The largest absolute Gasteiger partial charge is 0.494 e. The molecular weight excluding hydrogens is 560 g/mol. The van der Waals surface area contributed by atoms with Crippen LogP contribution in [0.4, 0.5) is 0 Å². The Kier molecular flexibility index (Phi) is 11.1. The van der Waals surface area contributed by atoms with E-state index in [1.54, 1.807) is 36.4 Å². The van der Waals surface area contributed by atoms with Crippen LogP contribution in [0.25, 0.3) is 0 Å². The third-order valence-corrected chi connectivity index (χ3v) is 6.49. The molecule has 1 N–H and O–H groups in total. The molecular formula is C29H33ClO11. The molecule has 2 aromatic rings. The first-order chi connectivity index (χ1) is 19.4. The Bertz CT molecular complexity index is 1250. The monoisotopic (exact) mass is 592 g/mol. The summed E-state index contributed by atoms with van der Waals surface area (Å²) in [7, 11) is 0. The van der Waals surface area contributed by atoms with E-state index in [0.717, 1.165) is 20.8 Å². The first-order valence-corrected chi connectivity index (χ1v) is 13.3. The minimum atomic E-state index is -1.32. The maximum atomic E-state index is 12.2. The maximum Gasteiger partial charge on any atom is 0.303 e. The van der Waals surface area contributed by atoms with Gasteiger partial charge >= 0.3 is 23.9 Å². The summed E-state index contributed by atoms with van der Waals surface area (Å²) >= 11 is 6.48. The zero-order valence-electron chi connectivity index (χ0n) is 23.3. The first-order valence-electron chi connectivity index (χ1n) is 12.9. The summed E-state index contributed by atoms with van der Waals surface area (Å²) in [5.41, 5.74) is 1.25. The average Bonchev–Trinajstić information content (AvgIpc) is 2.90. The standard InChI is InChI=1S/C29H33ClO11/c1-6-36-21-10-7-19(8-11-21)25(35)22-13-20(9-12-23(22)30)26-28(39-17(4)33)29(40-18(5)34)27(38-16(3)32)24(41-26)14-37-15(2)31/h7-13,24-29,35H,6,14H2,1-5H3/t24-,25?,26+,27-,28+,29+/m1/s1. The highest BCUT2D eigenvalue weighted by Gasteiger charge is 2.52. The maximum absolute atomic E-state index is 12.2. The zero-order valence-corrected chi connectivity index (χ0v) is 24.1. The molecule has 1 fully saturated rings. The Balaban J connectivity index is 2.08. The molecule has 0 bridgehead atoms. The number of benzene rings is 2. The van der Waals surface area contributed by atoms with Gasteiger partial charge in [0.15, 0.2) is 18.3 Å². The molecule has 6 atom stereocenters. The van der Waals surface area contributed by atoms with Gasteiger partial charge in [-0.1, -0.05) is 29.8 Å². The highest BCUT2D eigenvalue weighted by molar-refractivity contribution is 6.31. The lowest BCUT2D eigenvalue weighted by molar-refractivity contribution is -0.254. The molecule has 1 unspecified atom stereocenters. The molecule has 0 aliphatic carbocycles. The van der Waals surface area contributed by atoms with Crippen LogP contribution in [-0.2, 0) is 42.9 Å². The zero-order chi connectivity index (χ0) is 30.3. The number of carbonyl (C=O) groups excluding carboxylic acids is 4. The van der Waals surface area contributed by atoms with Crippen molar-refractivity contribution in [2.24, 2.45) is 0 Å². The summed E-state index contributed by atoms with van der Waals surface area (Å²) in [4.78, 5) is 47.8. The lowest BCUT2D eigenvalue weighted by Gasteiger charge is -2.44. The van der Waals surface area contributed by atoms with Crippen LogP contribution < -0.4 is 4.74 Å². The number of hydrogen-bond acceptors (Lipinski definition) is 11. The van der Waals surface area contributed by atoms with E-state index in [4.69, 9.17) is 40.0 Å². The van der Waals surface area contributed by atoms with Crippen molar-refractivity contribution in [1.29, 1.82) is 0 Å². The highest BCUT2D eigenvalue weighted by Crippen LogP contribution is 2.40. The Labute approximate surface area is 242 Å². The fourth-order valence-corrected chi connectivity index (χ4v) is 4.76. The van der Waals surface area contributed by atoms with Crippen LogP contribution in [0.1, 0.15) is 63.5 Å². The molecule has 3 rings (SSSR count). The molecule has 41 heavy (non-hydrogen) atoms. The van der Waals surface area contributed by atoms with Crippen LogP contribution in [0.2, 0.25) is 5.02 Å². The quantitative estimate of drug-likeness (QED) is 0.319. The van der Waals surface area contributed by atoms with Gasteiger partial charge in [-0.25, -0.2) is 0 Å². The van der Waals surface area contributed by atoms with Gasteiger partial charge < -0.3 is 33.5 Å². The van der Waals surface area contributed by atoms with Gasteiger partial charge in [-0.15, -0.1) is 0 Å². The second kappa shape index (κ2) is 14.3. The first kappa shape index (κ1) is 31.9. The summed E-state index contributed by atoms with van der Waals surface area (Å²) in [5, 5.41) is 11.5. The van der Waals surface area contributed by atoms with Crippen LogP contribution in [0, 0.1) is 0 Å². The molecule has 0 spiro atoms. The Morgan fingerprint density at radius 1 is 0.854 bits per heavy atom. The number of hydrogen-bond donors (Lipinski definition) is 1. The van der Waals surface area contributed by atoms with Crippen LogP contribution in [0.3, 0.4) is 0 Å². The minimum Gasteiger partial charge on any atom is -0.494 e. The number of aliphatic hydroxyl groups excluding tert-OH is 1. The summed E-state index contributed by atoms with van der Waals surface area (Å²) < 4.78 is 33.3. The second-order valence-corrected chi connectivity index (χ2v) is 9.71. The number of carbonyl (C=O) groups is 4. The van der Waals surface area contributed by atoms with Gasteiger partial charge in [0.2, 0.25) is 0 Å². The van der Waals surface area contributed by atoms with E-state index in [0.29, 0.717) is 29.0 Å². The van der Waals surface area contributed by atoms with Crippen LogP contribution in [0.15, 0.2) is 42.5 Å². The van der Waals surface area contributed by atoms with Crippen molar-refractivity contribution in [2.75, 3.05) is 13.2 Å². The van der Waals surface area contributed by atoms with E-state index in [9.17, 15) is 24.3 Å². The molecule has 222 valence electrons. The third kappa shape index (κ3) is 8.42. The van der Waals surface area contributed by atoms with Crippen molar-refractivity contribution in [3.05, 3.63) is 64.2 Å². The topological polar surface area (TPSA) is 144 Å². The van der Waals surface area contributed by atoms with Gasteiger partial charge in [0.25, 0.3) is 0 Å². The number of aliphatic hydroxyl groups is 1. The summed E-state index contributed by atoms with van der Waals surface area (Å²) in [6, 6.07) is 11.6. The fourth-order valence-electron chi connectivity index (χ4n) is 4.54. The molecule has 0 amide bonds. The molecule has 1 saturated heterocycles. The van der Waals surface area contributed by atoms with E-state index in [-0.39, 0.29) is 11.6 Å². The van der Waals surface area contributed by atoms with Crippen LogP contribution in [0.5, 0.6) is 5.75 Å². The Morgan fingerprint density at radius 3 is 2.00 bits per heavy atom. The molecule has 1 heterocycles. The number of rotatable bonds is 10. The normalized spacial score (nSPS) is 22.7. The van der Waals surface area contributed by atoms with E-state index in [2.05, 4.69) is 0 Å². The van der Waals surface area contributed by atoms with Crippen LogP contribution in [-0.4, -0.2) is 66.6 Å². The lowest BCUT2D eigenvalue weighted by atomic mass is 9.89. The lowest BCUT2D eigenvalue weighted by Crippen LogP contribution is -2.59. The average molecular weight is 593 g/mol. The SMILES string of the molecule is CCOc1ccc(C(O)c2cc([C@@H]3O[C@H](COC(C)=O)[C@@H](OC(C)=O)[C@H](OC(C)=O)[C@H]3OC(C)=O)ccc2Cl)cc1. The van der Waals surface area contributed by atoms with Gasteiger partial charge in [0.1, 0.15) is 30.7 Å². The van der Waals surface area contributed by atoms with Crippen molar-refractivity contribution in [3.63, 3.8) is 0 Å². The molecule has 12 heteroatoms. The highest BCUT2D eigenvalue weighted by atomic mass is 35.5. The molecule has 0 radical (unpaired) electrons. The van der Waals surface area contributed by atoms with Crippen molar-refractivity contribution in [2.45, 2.75) is 71.2 Å². The number of ether oxygens (including phenoxy) is 6. The predicted molar refractivity (Wildman–Crippen MR) is 144 cm³/mol. The fraction of sp³-hybridized carbons (Fsp3) is 0.448. The van der Waals surface area contributed by atoms with E-state index < -0.39 is 60.5 Å². The Morgan fingerprint density at radius 2 is 1.44 bits per heavy atom. The number of esters is 4. The predicted octanol–water partition coefficient (Wildman–Crippen LogP) is 3.62. The molecule has 1 aliphatic rings. The number of halogens is 1. The Hall–Kier alpha value is -3.67. The molecule has 1 aliphatic heterocycles.